The van der Waals surface area contributed by atoms with Crippen LogP contribution in [0.4, 0.5) is 0 Å². The predicted molar refractivity (Wildman–Crippen MR) is 68.9 cm³/mol. The van der Waals surface area contributed by atoms with E-state index >= 15 is 0 Å². The molecule has 0 fully saturated rings. The van der Waals surface area contributed by atoms with Crippen LogP contribution in [0, 0.1) is 0 Å². The van der Waals surface area contributed by atoms with E-state index in [9.17, 15) is 0 Å². The standard InChI is InChI=1S/C12H13ClN2O4/c1-16-8-5-4-7(10(17-2)11(8)18-3)12-15-14-9(6-13)19-12/h4-5H,6H2,1-3H3. The third-order valence-electron chi connectivity index (χ3n) is 2.52. The molecule has 1 aromatic heterocycles. The molecule has 0 N–H and O–H groups in total. The highest BCUT2D eigenvalue weighted by atomic mass is 35.5. The van der Waals surface area contributed by atoms with E-state index in [-0.39, 0.29) is 5.88 Å². The average molecular weight is 285 g/mol. The summed E-state index contributed by atoms with van der Waals surface area (Å²) >= 11 is 5.64. The maximum absolute atomic E-state index is 5.64. The highest BCUT2D eigenvalue weighted by molar-refractivity contribution is 6.16. The molecule has 1 heterocycles. The van der Waals surface area contributed by atoms with E-state index in [4.69, 9.17) is 30.2 Å². The number of methoxy groups -OCH3 is 3. The van der Waals surface area contributed by atoms with Gasteiger partial charge in [-0.1, -0.05) is 0 Å². The zero-order valence-corrected chi connectivity index (χ0v) is 11.5. The van der Waals surface area contributed by atoms with Crippen molar-refractivity contribution >= 4 is 11.6 Å². The van der Waals surface area contributed by atoms with Crippen LogP contribution in [-0.2, 0) is 5.88 Å². The summed E-state index contributed by atoms with van der Waals surface area (Å²) in [6.07, 6.45) is 0. The summed E-state index contributed by atoms with van der Waals surface area (Å²) in [5.41, 5.74) is 0.615. The first-order valence-electron chi connectivity index (χ1n) is 5.42. The molecule has 0 saturated heterocycles. The van der Waals surface area contributed by atoms with Gasteiger partial charge in [-0.05, 0) is 12.1 Å². The van der Waals surface area contributed by atoms with Crippen molar-refractivity contribution in [2.75, 3.05) is 21.3 Å². The lowest BCUT2D eigenvalue weighted by molar-refractivity contribution is 0.324. The molecule has 0 amide bonds. The maximum Gasteiger partial charge on any atom is 0.251 e. The van der Waals surface area contributed by atoms with E-state index in [1.807, 2.05) is 0 Å². The van der Waals surface area contributed by atoms with Crippen molar-refractivity contribution in [3.63, 3.8) is 0 Å². The molecule has 102 valence electrons. The summed E-state index contributed by atoms with van der Waals surface area (Å²) in [7, 11) is 4.61. The number of halogens is 1. The predicted octanol–water partition coefficient (Wildman–Crippen LogP) is 2.50. The van der Waals surface area contributed by atoms with Gasteiger partial charge in [0, 0.05) is 0 Å². The number of hydrogen-bond donors (Lipinski definition) is 0. The molecular formula is C12H13ClN2O4. The first-order chi connectivity index (χ1) is 9.24. The van der Waals surface area contributed by atoms with E-state index < -0.39 is 0 Å². The third-order valence-corrected chi connectivity index (χ3v) is 2.74. The maximum atomic E-state index is 5.64. The number of rotatable bonds is 5. The third kappa shape index (κ3) is 2.44. The Bertz CT molecular complexity index is 571. The van der Waals surface area contributed by atoms with E-state index in [0.29, 0.717) is 34.6 Å². The molecule has 1 aromatic carbocycles. The number of nitrogens with zero attached hydrogens (tertiary/aromatic N) is 2. The molecule has 0 unspecified atom stereocenters. The van der Waals surface area contributed by atoms with Gasteiger partial charge in [0.15, 0.2) is 11.5 Å². The number of alkyl halides is 1. The molecule has 0 spiro atoms. The monoisotopic (exact) mass is 284 g/mol. The molecule has 0 radical (unpaired) electrons. The first-order valence-corrected chi connectivity index (χ1v) is 5.96. The van der Waals surface area contributed by atoms with Gasteiger partial charge >= 0.3 is 0 Å². The second kappa shape index (κ2) is 5.79. The summed E-state index contributed by atoms with van der Waals surface area (Å²) in [6.45, 7) is 0. The molecule has 0 aliphatic heterocycles. The van der Waals surface area contributed by atoms with Gasteiger partial charge < -0.3 is 18.6 Å². The minimum absolute atomic E-state index is 0.155. The first kappa shape index (κ1) is 13.5. The summed E-state index contributed by atoms with van der Waals surface area (Å²) < 4.78 is 21.2. The smallest absolute Gasteiger partial charge is 0.251 e. The Morgan fingerprint density at radius 1 is 1.05 bits per heavy atom. The Hall–Kier alpha value is -1.95. The van der Waals surface area contributed by atoms with Crippen LogP contribution >= 0.6 is 11.6 Å². The van der Waals surface area contributed by atoms with Gasteiger partial charge in [-0.3, -0.25) is 0 Å². The molecular weight excluding hydrogens is 272 g/mol. The highest BCUT2D eigenvalue weighted by Gasteiger charge is 2.20. The van der Waals surface area contributed by atoms with E-state index in [2.05, 4.69) is 10.2 Å². The number of benzene rings is 1. The molecule has 19 heavy (non-hydrogen) atoms. The zero-order chi connectivity index (χ0) is 13.8. The van der Waals surface area contributed by atoms with Gasteiger partial charge in [0.1, 0.15) is 5.88 Å². The van der Waals surface area contributed by atoms with Gasteiger partial charge in [0.2, 0.25) is 11.6 Å². The quantitative estimate of drug-likeness (QED) is 0.786. The number of hydrogen-bond acceptors (Lipinski definition) is 6. The van der Waals surface area contributed by atoms with E-state index in [1.54, 1.807) is 19.2 Å². The lowest BCUT2D eigenvalue weighted by Crippen LogP contribution is -1.97. The van der Waals surface area contributed by atoms with E-state index in [1.165, 1.54) is 14.2 Å². The second-order valence-corrected chi connectivity index (χ2v) is 3.78. The molecule has 6 nitrogen and oxygen atoms in total. The second-order valence-electron chi connectivity index (χ2n) is 3.52. The van der Waals surface area contributed by atoms with Crippen molar-refractivity contribution < 1.29 is 18.6 Å². The Balaban J connectivity index is 2.56. The molecule has 0 aliphatic carbocycles. The van der Waals surface area contributed by atoms with Crippen molar-refractivity contribution in [1.82, 2.24) is 10.2 Å². The molecule has 0 saturated carbocycles. The minimum atomic E-state index is 0.155. The van der Waals surface area contributed by atoms with Crippen molar-refractivity contribution in [2.24, 2.45) is 0 Å². The van der Waals surface area contributed by atoms with Crippen molar-refractivity contribution in [3.8, 4) is 28.7 Å². The van der Waals surface area contributed by atoms with Gasteiger partial charge in [-0.2, -0.15) is 0 Å². The fourth-order valence-electron chi connectivity index (χ4n) is 1.69. The van der Waals surface area contributed by atoms with Crippen LogP contribution in [0.5, 0.6) is 17.2 Å². The largest absolute Gasteiger partial charge is 0.493 e. The fourth-order valence-corrected chi connectivity index (χ4v) is 1.79. The van der Waals surface area contributed by atoms with Gasteiger partial charge in [0.05, 0.1) is 26.9 Å². The fraction of sp³-hybridized carbons (Fsp3) is 0.333. The summed E-state index contributed by atoms with van der Waals surface area (Å²) in [6, 6.07) is 3.49. The van der Waals surface area contributed by atoms with Crippen molar-refractivity contribution in [3.05, 3.63) is 18.0 Å². The minimum Gasteiger partial charge on any atom is -0.493 e. The summed E-state index contributed by atoms with van der Waals surface area (Å²) in [5, 5.41) is 7.73. The van der Waals surface area contributed by atoms with Crippen molar-refractivity contribution in [2.45, 2.75) is 5.88 Å². The van der Waals surface area contributed by atoms with Crippen molar-refractivity contribution in [1.29, 1.82) is 0 Å². The topological polar surface area (TPSA) is 66.6 Å². The molecule has 2 rings (SSSR count). The SMILES string of the molecule is COc1ccc(-c2nnc(CCl)o2)c(OC)c1OC. The van der Waals surface area contributed by atoms with Gasteiger partial charge in [0.25, 0.3) is 5.89 Å². The van der Waals surface area contributed by atoms with Crippen LogP contribution < -0.4 is 14.2 Å². The summed E-state index contributed by atoms with van der Waals surface area (Å²) in [5.74, 6) is 2.30. The van der Waals surface area contributed by atoms with Crippen LogP contribution in [0.2, 0.25) is 0 Å². The van der Waals surface area contributed by atoms with Crippen LogP contribution in [-0.4, -0.2) is 31.5 Å². The van der Waals surface area contributed by atoms with Crippen LogP contribution in [0.15, 0.2) is 16.5 Å². The molecule has 0 bridgehead atoms. The van der Waals surface area contributed by atoms with E-state index in [0.717, 1.165) is 0 Å². The van der Waals surface area contributed by atoms with Crippen LogP contribution in [0.25, 0.3) is 11.5 Å². The molecule has 7 heteroatoms. The average Bonchev–Trinajstić information content (AvgIpc) is 2.94. The van der Waals surface area contributed by atoms with Gasteiger partial charge in [-0.15, -0.1) is 21.8 Å². The molecule has 2 aromatic rings. The Morgan fingerprint density at radius 2 is 1.79 bits per heavy atom. The number of aromatic nitrogens is 2. The number of ether oxygens (including phenoxy) is 3. The summed E-state index contributed by atoms with van der Waals surface area (Å²) in [4.78, 5) is 0. The lowest BCUT2D eigenvalue weighted by Gasteiger charge is -2.13. The lowest BCUT2D eigenvalue weighted by atomic mass is 10.1. The zero-order valence-electron chi connectivity index (χ0n) is 10.8. The Labute approximate surface area is 115 Å². The molecule has 0 atom stereocenters. The highest BCUT2D eigenvalue weighted by Crippen LogP contribution is 2.43. The van der Waals surface area contributed by atoms with Gasteiger partial charge in [-0.25, -0.2) is 0 Å². The van der Waals surface area contributed by atoms with Crippen LogP contribution in [0.1, 0.15) is 5.89 Å². The normalized spacial score (nSPS) is 10.3. The Morgan fingerprint density at radius 3 is 2.32 bits per heavy atom. The Kier molecular flexibility index (Phi) is 4.11. The van der Waals surface area contributed by atoms with Crippen LogP contribution in [0.3, 0.4) is 0 Å². The molecule has 0 aliphatic rings.